The minimum absolute atomic E-state index is 0.912. The van der Waals surface area contributed by atoms with Gasteiger partial charge in [-0.2, -0.15) is 0 Å². The van der Waals surface area contributed by atoms with Crippen molar-refractivity contribution in [1.29, 1.82) is 0 Å². The molecule has 0 unspecified atom stereocenters. The highest BCUT2D eigenvalue weighted by molar-refractivity contribution is 6.20. The molecule has 1 N–H and O–H groups in total. The van der Waals surface area contributed by atoms with Gasteiger partial charge in [0.1, 0.15) is 5.58 Å². The Labute approximate surface area is 235 Å². The maximum Gasteiger partial charge on any atom is 0.134 e. The first-order chi connectivity index (χ1) is 20.3. The number of hydrogen-bond acceptors (Lipinski definition) is 1. The van der Waals surface area contributed by atoms with E-state index in [0.29, 0.717) is 0 Å². The summed E-state index contributed by atoms with van der Waals surface area (Å²) >= 11 is 0. The van der Waals surface area contributed by atoms with Crippen molar-refractivity contribution in [1.82, 2.24) is 9.55 Å². The molecular weight excluding hydrogens is 500 g/mol. The van der Waals surface area contributed by atoms with Crippen molar-refractivity contribution in [2.75, 3.05) is 0 Å². The molecule has 3 heteroatoms. The van der Waals surface area contributed by atoms with Crippen LogP contribution in [0.2, 0.25) is 0 Å². The van der Waals surface area contributed by atoms with Crippen LogP contribution in [-0.4, -0.2) is 9.55 Å². The lowest BCUT2D eigenvalue weighted by atomic mass is 10.00. The molecule has 0 aliphatic carbocycles. The molecule has 0 aliphatic rings. The number of H-pyrrole nitrogens is 1. The normalized spacial score (nSPS) is 11.9. The lowest BCUT2D eigenvalue weighted by molar-refractivity contribution is 0.616. The van der Waals surface area contributed by atoms with Crippen molar-refractivity contribution in [2.24, 2.45) is 0 Å². The molecular formula is C38H24N2O. The molecule has 9 aromatic rings. The second-order valence-corrected chi connectivity index (χ2v) is 10.7. The predicted octanol–water partition coefficient (Wildman–Crippen LogP) is 10.5. The fourth-order valence-electron chi connectivity index (χ4n) is 6.49. The Kier molecular flexibility index (Phi) is 4.61. The zero-order valence-electron chi connectivity index (χ0n) is 22.1. The van der Waals surface area contributed by atoms with Gasteiger partial charge in [-0.15, -0.1) is 0 Å². The summed E-state index contributed by atoms with van der Waals surface area (Å²) in [4.78, 5) is 3.58. The molecule has 0 radical (unpaired) electrons. The van der Waals surface area contributed by atoms with E-state index in [0.717, 1.165) is 27.7 Å². The number of para-hydroxylation sites is 1. The predicted molar refractivity (Wildman–Crippen MR) is 171 cm³/mol. The van der Waals surface area contributed by atoms with Crippen LogP contribution < -0.4 is 0 Å². The van der Waals surface area contributed by atoms with Gasteiger partial charge in [-0.3, -0.25) is 0 Å². The first-order valence-electron chi connectivity index (χ1n) is 13.9. The highest BCUT2D eigenvalue weighted by Crippen LogP contribution is 2.38. The Hall–Kier alpha value is -5.54. The number of nitrogens with zero attached hydrogens (tertiary/aromatic N) is 1. The first-order valence-corrected chi connectivity index (χ1v) is 13.9. The van der Waals surface area contributed by atoms with Crippen LogP contribution in [0.5, 0.6) is 0 Å². The van der Waals surface area contributed by atoms with E-state index in [1.807, 2.05) is 6.07 Å². The Balaban J connectivity index is 1.22. The number of aromatic nitrogens is 2. The third-order valence-electron chi connectivity index (χ3n) is 8.43. The fourth-order valence-corrected chi connectivity index (χ4v) is 6.49. The van der Waals surface area contributed by atoms with Gasteiger partial charge in [0.05, 0.1) is 17.3 Å². The van der Waals surface area contributed by atoms with Gasteiger partial charge in [-0.25, -0.2) is 0 Å². The zero-order chi connectivity index (χ0) is 26.9. The van der Waals surface area contributed by atoms with Crippen LogP contribution in [-0.2, 0) is 0 Å². The van der Waals surface area contributed by atoms with E-state index >= 15 is 0 Å². The van der Waals surface area contributed by atoms with E-state index in [2.05, 4.69) is 137 Å². The summed E-state index contributed by atoms with van der Waals surface area (Å²) in [5, 5.41) is 6.07. The Bertz CT molecular complexity index is 2400. The molecule has 0 fully saturated rings. The van der Waals surface area contributed by atoms with Gasteiger partial charge < -0.3 is 14.0 Å². The number of rotatable bonds is 3. The Morgan fingerprint density at radius 2 is 1.15 bits per heavy atom. The van der Waals surface area contributed by atoms with E-state index in [4.69, 9.17) is 4.42 Å². The number of nitrogens with one attached hydrogen (secondary N) is 1. The molecule has 3 heterocycles. The van der Waals surface area contributed by atoms with Crippen LogP contribution >= 0.6 is 0 Å². The van der Waals surface area contributed by atoms with Crippen molar-refractivity contribution < 1.29 is 4.42 Å². The monoisotopic (exact) mass is 524 g/mol. The molecule has 6 aromatic carbocycles. The third kappa shape index (κ3) is 3.33. The molecule has 9 rings (SSSR count). The summed E-state index contributed by atoms with van der Waals surface area (Å²) in [6.07, 6.45) is 1.77. The number of aromatic amines is 1. The van der Waals surface area contributed by atoms with Crippen LogP contribution in [0.3, 0.4) is 0 Å². The van der Waals surface area contributed by atoms with E-state index in [1.54, 1.807) is 6.26 Å². The van der Waals surface area contributed by atoms with Crippen LogP contribution in [0.4, 0.5) is 0 Å². The summed E-state index contributed by atoms with van der Waals surface area (Å²) in [7, 11) is 0. The smallest absolute Gasteiger partial charge is 0.134 e. The average Bonchev–Trinajstić information content (AvgIpc) is 3.74. The van der Waals surface area contributed by atoms with Gasteiger partial charge >= 0.3 is 0 Å². The summed E-state index contributed by atoms with van der Waals surface area (Å²) < 4.78 is 8.08. The minimum Gasteiger partial charge on any atom is -0.464 e. The second-order valence-electron chi connectivity index (χ2n) is 10.7. The van der Waals surface area contributed by atoms with Gasteiger partial charge in [-0.05, 0) is 82.9 Å². The van der Waals surface area contributed by atoms with Crippen molar-refractivity contribution in [3.63, 3.8) is 0 Å². The molecule has 41 heavy (non-hydrogen) atoms. The molecule has 3 aromatic heterocycles. The quantitative estimate of drug-likeness (QED) is 0.245. The van der Waals surface area contributed by atoms with E-state index in [9.17, 15) is 0 Å². The van der Waals surface area contributed by atoms with Crippen LogP contribution in [0.25, 0.3) is 82.5 Å². The van der Waals surface area contributed by atoms with Crippen molar-refractivity contribution in [3.05, 3.63) is 140 Å². The lowest BCUT2D eigenvalue weighted by Gasteiger charge is -2.10. The van der Waals surface area contributed by atoms with Gasteiger partial charge in [0.15, 0.2) is 0 Å². The largest absolute Gasteiger partial charge is 0.464 e. The van der Waals surface area contributed by atoms with Crippen LogP contribution in [0.15, 0.2) is 144 Å². The van der Waals surface area contributed by atoms with Crippen LogP contribution in [0, 0.1) is 0 Å². The van der Waals surface area contributed by atoms with E-state index < -0.39 is 0 Å². The molecule has 0 saturated carbocycles. The molecule has 0 aliphatic heterocycles. The minimum atomic E-state index is 0.912. The number of benzene rings is 6. The molecule has 0 amide bonds. The Morgan fingerprint density at radius 1 is 0.463 bits per heavy atom. The average molecular weight is 525 g/mol. The summed E-state index contributed by atoms with van der Waals surface area (Å²) in [5.41, 5.74) is 11.6. The summed E-state index contributed by atoms with van der Waals surface area (Å²) in [6.45, 7) is 0. The van der Waals surface area contributed by atoms with E-state index in [1.165, 1.54) is 54.8 Å². The maximum absolute atomic E-state index is 5.70. The topological polar surface area (TPSA) is 33.9 Å². The second kappa shape index (κ2) is 8.48. The van der Waals surface area contributed by atoms with Crippen molar-refractivity contribution >= 4 is 54.6 Å². The highest BCUT2D eigenvalue weighted by Gasteiger charge is 2.15. The van der Waals surface area contributed by atoms with Gasteiger partial charge in [0, 0.05) is 43.7 Å². The molecule has 192 valence electrons. The molecule has 0 atom stereocenters. The van der Waals surface area contributed by atoms with Crippen molar-refractivity contribution in [3.8, 4) is 27.9 Å². The standard InChI is InChI=1S/C38H24N2O/c1-2-6-24(7-3-1)25-10-14-28(15-11-25)40-35-9-5-4-8-29(35)31-22-27(13-18-36(31)40)26-12-16-33-32(23-26)38-30-20-21-41-37(30)19-17-34(38)39-33/h1-23,39H. The number of hydrogen-bond donors (Lipinski definition) is 1. The summed E-state index contributed by atoms with van der Waals surface area (Å²) in [5.74, 6) is 0. The fraction of sp³-hybridized carbons (Fsp3) is 0. The van der Waals surface area contributed by atoms with Crippen LogP contribution in [0.1, 0.15) is 0 Å². The van der Waals surface area contributed by atoms with E-state index in [-0.39, 0.29) is 0 Å². The molecule has 3 nitrogen and oxygen atoms in total. The maximum atomic E-state index is 5.70. The summed E-state index contributed by atoms with van der Waals surface area (Å²) in [6, 6.07) is 47.9. The van der Waals surface area contributed by atoms with Gasteiger partial charge in [0.25, 0.3) is 0 Å². The highest BCUT2D eigenvalue weighted by atomic mass is 16.3. The lowest BCUT2D eigenvalue weighted by Crippen LogP contribution is -1.93. The molecule has 0 saturated heterocycles. The number of fused-ring (bicyclic) bond motifs is 8. The number of furan rings is 1. The van der Waals surface area contributed by atoms with Gasteiger partial charge in [-0.1, -0.05) is 72.8 Å². The molecule has 0 spiro atoms. The zero-order valence-corrected chi connectivity index (χ0v) is 22.1. The third-order valence-corrected chi connectivity index (χ3v) is 8.43. The van der Waals surface area contributed by atoms with Crippen molar-refractivity contribution in [2.45, 2.75) is 0 Å². The SMILES string of the molecule is c1ccc(-c2ccc(-n3c4ccccc4c4cc(-c5ccc6[nH]c7ccc8occc8c7c6c5)ccc43)cc2)cc1. The first kappa shape index (κ1) is 22.3. The van der Waals surface area contributed by atoms with Gasteiger partial charge in [0.2, 0.25) is 0 Å². The Morgan fingerprint density at radius 3 is 2.02 bits per heavy atom. The molecule has 0 bridgehead atoms.